The second-order valence-electron chi connectivity index (χ2n) is 4.52. The van der Waals surface area contributed by atoms with Crippen LogP contribution in [0.2, 0.25) is 0 Å². The molecule has 0 aromatic carbocycles. The molecule has 0 fully saturated rings. The van der Waals surface area contributed by atoms with E-state index in [1.807, 2.05) is 13.8 Å². The summed E-state index contributed by atoms with van der Waals surface area (Å²) < 4.78 is 0. The Labute approximate surface area is 115 Å². The van der Waals surface area contributed by atoms with E-state index < -0.39 is 11.9 Å². The number of carboxylic acid groups (broad SMARTS) is 1. The third-order valence-electron chi connectivity index (χ3n) is 2.71. The van der Waals surface area contributed by atoms with E-state index in [-0.39, 0.29) is 17.2 Å². The predicted octanol–water partition coefficient (Wildman–Crippen LogP) is 1.88. The smallest absolute Gasteiger partial charge is 0.338 e. The summed E-state index contributed by atoms with van der Waals surface area (Å²) >= 11 is 0. The van der Waals surface area contributed by atoms with Crippen LogP contribution in [-0.2, 0) is 0 Å². The fourth-order valence-electron chi connectivity index (χ4n) is 1.63. The van der Waals surface area contributed by atoms with Crippen molar-refractivity contribution in [1.82, 2.24) is 15.2 Å². The van der Waals surface area contributed by atoms with Gasteiger partial charge in [0.15, 0.2) is 5.82 Å². The molecule has 0 saturated heterocycles. The minimum Gasteiger partial charge on any atom is -0.478 e. The van der Waals surface area contributed by atoms with Gasteiger partial charge in [0.1, 0.15) is 5.69 Å². The average molecular weight is 274 g/mol. The van der Waals surface area contributed by atoms with Crippen LogP contribution in [0.15, 0.2) is 24.4 Å². The SMILES string of the molecule is CC(C)c1cc(NC(=O)c2ncccc2C(=O)O)n[nH]1. The number of nitrogens with one attached hydrogen (secondary N) is 2. The number of amides is 1. The molecule has 7 nitrogen and oxygen atoms in total. The van der Waals surface area contributed by atoms with Crippen molar-refractivity contribution in [3.63, 3.8) is 0 Å². The third kappa shape index (κ3) is 2.82. The van der Waals surface area contributed by atoms with Crippen molar-refractivity contribution in [2.24, 2.45) is 0 Å². The predicted molar refractivity (Wildman–Crippen MR) is 71.8 cm³/mol. The zero-order valence-electron chi connectivity index (χ0n) is 11.0. The van der Waals surface area contributed by atoms with Gasteiger partial charge in [-0.15, -0.1) is 0 Å². The molecule has 104 valence electrons. The molecule has 0 saturated carbocycles. The van der Waals surface area contributed by atoms with E-state index in [1.165, 1.54) is 18.3 Å². The molecule has 0 aliphatic carbocycles. The molecule has 0 bridgehead atoms. The number of aromatic nitrogens is 3. The lowest BCUT2D eigenvalue weighted by atomic mass is 10.1. The summed E-state index contributed by atoms with van der Waals surface area (Å²) in [5.41, 5.74) is 0.582. The van der Waals surface area contributed by atoms with Crippen LogP contribution >= 0.6 is 0 Å². The van der Waals surface area contributed by atoms with E-state index in [1.54, 1.807) is 6.07 Å². The minimum absolute atomic E-state index is 0.144. The maximum Gasteiger partial charge on any atom is 0.338 e. The quantitative estimate of drug-likeness (QED) is 0.788. The van der Waals surface area contributed by atoms with Gasteiger partial charge in [0.05, 0.1) is 5.56 Å². The zero-order valence-corrected chi connectivity index (χ0v) is 11.0. The van der Waals surface area contributed by atoms with Crippen molar-refractivity contribution in [3.8, 4) is 0 Å². The lowest BCUT2D eigenvalue weighted by Crippen LogP contribution is -2.18. The molecule has 2 aromatic heterocycles. The van der Waals surface area contributed by atoms with E-state index in [0.29, 0.717) is 5.82 Å². The van der Waals surface area contributed by atoms with E-state index >= 15 is 0 Å². The van der Waals surface area contributed by atoms with Crippen LogP contribution in [0.5, 0.6) is 0 Å². The Bertz CT molecular complexity index is 649. The highest BCUT2D eigenvalue weighted by Crippen LogP contribution is 2.15. The van der Waals surface area contributed by atoms with Gasteiger partial charge in [0, 0.05) is 18.0 Å². The standard InChI is InChI=1S/C13H14N4O3/c1-7(2)9-6-10(17-16-9)15-12(18)11-8(13(19)20)4-3-5-14-11/h3-7H,1-2H3,(H,19,20)(H2,15,16,17,18). The normalized spacial score (nSPS) is 10.6. The number of H-pyrrole nitrogens is 1. The molecule has 0 atom stereocenters. The van der Waals surface area contributed by atoms with Crippen molar-refractivity contribution < 1.29 is 14.7 Å². The van der Waals surface area contributed by atoms with Gasteiger partial charge >= 0.3 is 5.97 Å². The van der Waals surface area contributed by atoms with E-state index in [9.17, 15) is 9.59 Å². The van der Waals surface area contributed by atoms with Gasteiger partial charge in [-0.3, -0.25) is 14.9 Å². The molecule has 0 unspecified atom stereocenters. The molecule has 1 amide bonds. The van der Waals surface area contributed by atoms with Crippen molar-refractivity contribution >= 4 is 17.7 Å². The Morgan fingerprint density at radius 3 is 2.75 bits per heavy atom. The van der Waals surface area contributed by atoms with Gasteiger partial charge < -0.3 is 10.4 Å². The van der Waals surface area contributed by atoms with Gasteiger partial charge in [-0.1, -0.05) is 13.8 Å². The number of pyridine rings is 1. The molecule has 2 heterocycles. The highest BCUT2D eigenvalue weighted by Gasteiger charge is 2.18. The van der Waals surface area contributed by atoms with Crippen LogP contribution < -0.4 is 5.32 Å². The van der Waals surface area contributed by atoms with Crippen LogP contribution in [0.4, 0.5) is 5.82 Å². The Morgan fingerprint density at radius 2 is 2.15 bits per heavy atom. The number of carboxylic acids is 1. The summed E-state index contributed by atoms with van der Waals surface area (Å²) in [6.45, 7) is 3.97. The monoisotopic (exact) mass is 274 g/mol. The lowest BCUT2D eigenvalue weighted by molar-refractivity contribution is 0.0691. The number of carbonyl (C=O) groups excluding carboxylic acids is 1. The second-order valence-corrected chi connectivity index (χ2v) is 4.52. The van der Waals surface area contributed by atoms with Crippen molar-refractivity contribution in [3.05, 3.63) is 41.3 Å². The number of carbonyl (C=O) groups is 2. The minimum atomic E-state index is -1.20. The number of nitrogens with zero attached hydrogens (tertiary/aromatic N) is 2. The first-order valence-corrected chi connectivity index (χ1v) is 6.04. The maximum atomic E-state index is 12.0. The number of hydrogen-bond acceptors (Lipinski definition) is 4. The number of hydrogen-bond donors (Lipinski definition) is 3. The highest BCUT2D eigenvalue weighted by atomic mass is 16.4. The van der Waals surface area contributed by atoms with E-state index in [4.69, 9.17) is 5.11 Å². The molecule has 0 spiro atoms. The summed E-state index contributed by atoms with van der Waals surface area (Å²) in [6.07, 6.45) is 1.37. The summed E-state index contributed by atoms with van der Waals surface area (Å²) in [6, 6.07) is 4.49. The molecular formula is C13H14N4O3. The Morgan fingerprint density at radius 1 is 1.40 bits per heavy atom. The lowest BCUT2D eigenvalue weighted by Gasteiger charge is -2.04. The summed E-state index contributed by atoms with van der Waals surface area (Å²) in [4.78, 5) is 26.9. The van der Waals surface area contributed by atoms with Crippen molar-refractivity contribution in [2.75, 3.05) is 5.32 Å². The molecule has 3 N–H and O–H groups in total. The maximum absolute atomic E-state index is 12.0. The molecular weight excluding hydrogens is 260 g/mol. The molecule has 0 aliphatic rings. The fourth-order valence-corrected chi connectivity index (χ4v) is 1.63. The molecule has 20 heavy (non-hydrogen) atoms. The molecule has 2 aromatic rings. The number of aromatic amines is 1. The molecule has 7 heteroatoms. The van der Waals surface area contributed by atoms with Crippen LogP contribution in [-0.4, -0.2) is 32.2 Å². The third-order valence-corrected chi connectivity index (χ3v) is 2.71. The van der Waals surface area contributed by atoms with Gasteiger partial charge in [-0.25, -0.2) is 4.79 Å². The highest BCUT2D eigenvalue weighted by molar-refractivity contribution is 6.08. The van der Waals surface area contributed by atoms with Gasteiger partial charge in [0.2, 0.25) is 0 Å². The Balaban J connectivity index is 2.22. The number of rotatable bonds is 4. The fraction of sp³-hybridized carbons (Fsp3) is 0.231. The first-order valence-electron chi connectivity index (χ1n) is 6.04. The van der Waals surface area contributed by atoms with Crippen LogP contribution in [0.3, 0.4) is 0 Å². The van der Waals surface area contributed by atoms with Crippen LogP contribution in [0.1, 0.15) is 46.3 Å². The summed E-state index contributed by atoms with van der Waals surface area (Å²) in [5.74, 6) is -1.23. The first kappa shape index (κ1) is 13.7. The van der Waals surface area contributed by atoms with Gasteiger partial charge in [-0.2, -0.15) is 5.10 Å². The summed E-state index contributed by atoms with van der Waals surface area (Å²) in [5, 5.41) is 18.3. The van der Waals surface area contributed by atoms with Gasteiger partial charge in [0.25, 0.3) is 5.91 Å². The van der Waals surface area contributed by atoms with E-state index in [2.05, 4.69) is 20.5 Å². The topological polar surface area (TPSA) is 108 Å². The van der Waals surface area contributed by atoms with Gasteiger partial charge in [-0.05, 0) is 18.1 Å². The largest absolute Gasteiger partial charge is 0.478 e. The van der Waals surface area contributed by atoms with Crippen molar-refractivity contribution in [2.45, 2.75) is 19.8 Å². The molecule has 0 aliphatic heterocycles. The Hall–Kier alpha value is -2.70. The average Bonchev–Trinajstić information content (AvgIpc) is 2.87. The number of anilines is 1. The van der Waals surface area contributed by atoms with Crippen molar-refractivity contribution in [1.29, 1.82) is 0 Å². The van der Waals surface area contributed by atoms with Crippen LogP contribution in [0, 0.1) is 0 Å². The van der Waals surface area contributed by atoms with E-state index in [0.717, 1.165) is 5.69 Å². The first-order chi connectivity index (χ1) is 9.49. The molecule has 0 radical (unpaired) electrons. The summed E-state index contributed by atoms with van der Waals surface area (Å²) in [7, 11) is 0. The zero-order chi connectivity index (χ0) is 14.7. The molecule has 2 rings (SSSR count). The second kappa shape index (κ2) is 5.52. The van der Waals surface area contributed by atoms with Crippen LogP contribution in [0.25, 0.3) is 0 Å². The number of aromatic carboxylic acids is 1. The Kier molecular flexibility index (Phi) is 3.79.